The maximum Gasteiger partial charge on any atom is 0.00697 e. The van der Waals surface area contributed by atoms with Gasteiger partial charge in [-0.15, -0.1) is 6.58 Å². The van der Waals surface area contributed by atoms with Crippen molar-refractivity contribution < 1.29 is 0 Å². The van der Waals surface area contributed by atoms with E-state index in [0.717, 1.165) is 18.9 Å². The molecule has 0 radical (unpaired) electrons. The Morgan fingerprint density at radius 2 is 1.94 bits per heavy atom. The highest BCUT2D eigenvalue weighted by atomic mass is 14.9. The average molecular weight is 225 g/mol. The minimum atomic E-state index is 0.423. The molecule has 16 heavy (non-hydrogen) atoms. The Bertz CT molecular complexity index is 178. The highest BCUT2D eigenvalue weighted by Crippen LogP contribution is 2.29. The van der Waals surface area contributed by atoms with Crippen LogP contribution in [0.1, 0.15) is 60.3 Å². The van der Waals surface area contributed by atoms with Crippen molar-refractivity contribution in [2.75, 3.05) is 6.54 Å². The van der Waals surface area contributed by atoms with Crippen LogP contribution in [-0.2, 0) is 0 Å². The summed E-state index contributed by atoms with van der Waals surface area (Å²) in [7, 11) is 0. The van der Waals surface area contributed by atoms with Crippen LogP contribution in [-0.4, -0.2) is 12.6 Å². The first-order valence-corrected chi connectivity index (χ1v) is 6.76. The van der Waals surface area contributed by atoms with Crippen molar-refractivity contribution in [2.24, 2.45) is 11.3 Å². The maximum absolute atomic E-state index is 3.78. The van der Waals surface area contributed by atoms with E-state index in [2.05, 4.69) is 46.5 Å². The molecule has 0 aliphatic carbocycles. The fourth-order valence-electron chi connectivity index (χ4n) is 1.88. The van der Waals surface area contributed by atoms with Crippen molar-refractivity contribution in [3.63, 3.8) is 0 Å². The van der Waals surface area contributed by atoms with E-state index in [0.29, 0.717) is 11.5 Å². The zero-order valence-corrected chi connectivity index (χ0v) is 12.0. The Morgan fingerprint density at radius 3 is 2.38 bits per heavy atom. The second-order valence-electron chi connectivity index (χ2n) is 5.98. The molecule has 0 saturated carbocycles. The molecule has 0 aromatic heterocycles. The van der Waals surface area contributed by atoms with Gasteiger partial charge in [0.15, 0.2) is 0 Å². The van der Waals surface area contributed by atoms with Crippen molar-refractivity contribution in [3.8, 4) is 0 Å². The fourth-order valence-corrected chi connectivity index (χ4v) is 1.88. The second kappa shape index (κ2) is 7.89. The summed E-state index contributed by atoms with van der Waals surface area (Å²) in [5.41, 5.74) is 0.423. The molecule has 0 fully saturated rings. The van der Waals surface area contributed by atoms with Crippen molar-refractivity contribution in [2.45, 2.75) is 66.3 Å². The van der Waals surface area contributed by atoms with Crippen LogP contribution in [0.2, 0.25) is 0 Å². The molecule has 1 N–H and O–H groups in total. The number of nitrogens with one attached hydrogen (secondary N) is 1. The number of unbranched alkanes of at least 4 members (excludes halogenated alkanes) is 1. The molecular formula is C15H31N. The number of hydrogen-bond acceptors (Lipinski definition) is 1. The van der Waals surface area contributed by atoms with Crippen LogP contribution in [0.5, 0.6) is 0 Å². The molecule has 0 amide bonds. The van der Waals surface area contributed by atoms with E-state index >= 15 is 0 Å². The third-order valence-electron chi connectivity index (χ3n) is 3.57. The van der Waals surface area contributed by atoms with Crippen LogP contribution in [0, 0.1) is 11.3 Å². The lowest BCUT2D eigenvalue weighted by atomic mass is 9.78. The highest BCUT2D eigenvalue weighted by molar-refractivity contribution is 4.78. The van der Waals surface area contributed by atoms with Gasteiger partial charge in [-0.25, -0.2) is 0 Å². The summed E-state index contributed by atoms with van der Waals surface area (Å²) in [6.45, 7) is 16.4. The first-order valence-electron chi connectivity index (χ1n) is 6.76. The van der Waals surface area contributed by atoms with Crippen molar-refractivity contribution >= 4 is 0 Å². The van der Waals surface area contributed by atoms with Crippen LogP contribution < -0.4 is 5.32 Å². The molecule has 0 aliphatic rings. The Morgan fingerprint density at radius 1 is 1.31 bits per heavy atom. The van der Waals surface area contributed by atoms with E-state index in [9.17, 15) is 0 Å². The molecule has 96 valence electrons. The summed E-state index contributed by atoms with van der Waals surface area (Å²) >= 11 is 0. The van der Waals surface area contributed by atoms with Gasteiger partial charge in [-0.3, -0.25) is 0 Å². The third kappa shape index (κ3) is 7.05. The van der Waals surface area contributed by atoms with Gasteiger partial charge in [-0.05, 0) is 43.6 Å². The summed E-state index contributed by atoms with van der Waals surface area (Å²) in [6.07, 6.45) is 6.99. The molecule has 2 atom stereocenters. The van der Waals surface area contributed by atoms with Crippen molar-refractivity contribution in [3.05, 3.63) is 12.7 Å². The molecule has 0 aromatic carbocycles. The third-order valence-corrected chi connectivity index (χ3v) is 3.57. The molecule has 2 unspecified atom stereocenters. The zero-order valence-electron chi connectivity index (χ0n) is 12.0. The van der Waals surface area contributed by atoms with E-state index in [1.807, 2.05) is 6.08 Å². The van der Waals surface area contributed by atoms with Gasteiger partial charge in [-0.2, -0.15) is 0 Å². The smallest absolute Gasteiger partial charge is 0.00697 e. The number of allylic oxidation sites excluding steroid dienone is 1. The monoisotopic (exact) mass is 225 g/mol. The molecule has 0 heterocycles. The predicted octanol–water partition coefficient (Wildman–Crippen LogP) is 4.39. The molecule has 0 rings (SSSR count). The Hall–Kier alpha value is -0.300. The lowest BCUT2D eigenvalue weighted by molar-refractivity contribution is 0.219. The SMILES string of the molecule is C=CCCCC(CC(C)C(C)(C)C)NCC. The van der Waals surface area contributed by atoms with Gasteiger partial charge in [0.1, 0.15) is 0 Å². The summed E-state index contributed by atoms with van der Waals surface area (Å²) in [5.74, 6) is 0.764. The molecular weight excluding hydrogens is 194 g/mol. The topological polar surface area (TPSA) is 12.0 Å². The van der Waals surface area contributed by atoms with Crippen LogP contribution >= 0.6 is 0 Å². The lowest BCUT2D eigenvalue weighted by Gasteiger charge is -2.31. The molecule has 1 heteroatoms. The standard InChI is InChI=1S/C15H31N/c1-7-9-10-11-14(16-8-2)12-13(3)15(4,5)6/h7,13-14,16H,1,8-12H2,2-6H3. The summed E-state index contributed by atoms with van der Waals surface area (Å²) in [4.78, 5) is 0. The Labute approximate surface area is 103 Å². The highest BCUT2D eigenvalue weighted by Gasteiger charge is 2.22. The van der Waals surface area contributed by atoms with Gasteiger partial charge in [0.2, 0.25) is 0 Å². The first-order chi connectivity index (χ1) is 7.41. The van der Waals surface area contributed by atoms with E-state index in [-0.39, 0.29) is 0 Å². The van der Waals surface area contributed by atoms with E-state index in [1.165, 1.54) is 19.3 Å². The molecule has 0 aromatic rings. The largest absolute Gasteiger partial charge is 0.314 e. The van der Waals surface area contributed by atoms with Gasteiger partial charge in [-0.1, -0.05) is 40.7 Å². The number of rotatable bonds is 8. The molecule has 1 nitrogen and oxygen atoms in total. The van der Waals surface area contributed by atoms with Crippen LogP contribution in [0.25, 0.3) is 0 Å². The van der Waals surface area contributed by atoms with E-state index in [4.69, 9.17) is 0 Å². The first kappa shape index (κ1) is 15.7. The predicted molar refractivity (Wildman–Crippen MR) is 74.7 cm³/mol. The lowest BCUT2D eigenvalue weighted by Crippen LogP contribution is -2.33. The fraction of sp³-hybridized carbons (Fsp3) is 0.867. The van der Waals surface area contributed by atoms with Crippen molar-refractivity contribution in [1.82, 2.24) is 5.32 Å². The maximum atomic E-state index is 3.78. The zero-order chi connectivity index (χ0) is 12.6. The normalized spacial score (nSPS) is 15.8. The summed E-state index contributed by atoms with van der Waals surface area (Å²) < 4.78 is 0. The van der Waals surface area contributed by atoms with Gasteiger partial charge < -0.3 is 5.32 Å². The molecule has 0 spiro atoms. The van der Waals surface area contributed by atoms with E-state index < -0.39 is 0 Å². The van der Waals surface area contributed by atoms with Gasteiger partial charge in [0, 0.05) is 6.04 Å². The molecule has 0 saturated heterocycles. The van der Waals surface area contributed by atoms with Gasteiger partial charge in [0.25, 0.3) is 0 Å². The van der Waals surface area contributed by atoms with Crippen LogP contribution in [0.15, 0.2) is 12.7 Å². The minimum Gasteiger partial charge on any atom is -0.314 e. The summed E-state index contributed by atoms with van der Waals surface area (Å²) in [5, 5.41) is 3.61. The van der Waals surface area contributed by atoms with Crippen LogP contribution in [0.3, 0.4) is 0 Å². The van der Waals surface area contributed by atoms with Crippen LogP contribution in [0.4, 0.5) is 0 Å². The average Bonchev–Trinajstić information content (AvgIpc) is 2.16. The quantitative estimate of drug-likeness (QED) is 0.477. The van der Waals surface area contributed by atoms with E-state index in [1.54, 1.807) is 0 Å². The molecule has 0 aliphatic heterocycles. The minimum absolute atomic E-state index is 0.423. The van der Waals surface area contributed by atoms with Gasteiger partial charge >= 0.3 is 0 Å². The van der Waals surface area contributed by atoms with Crippen molar-refractivity contribution in [1.29, 1.82) is 0 Å². The Kier molecular flexibility index (Phi) is 7.74. The van der Waals surface area contributed by atoms with Gasteiger partial charge in [0.05, 0.1) is 0 Å². The number of hydrogen-bond donors (Lipinski definition) is 1. The molecule has 0 bridgehead atoms. The Balaban J connectivity index is 4.05. The summed E-state index contributed by atoms with van der Waals surface area (Å²) in [6, 6.07) is 0.680. The second-order valence-corrected chi connectivity index (χ2v) is 5.98.